The quantitative estimate of drug-likeness (QED) is 0.622. The molecular weight excluding hydrogens is 245 g/mol. The highest BCUT2D eigenvalue weighted by atomic mass is 19.2. The number of aromatic nitrogens is 2. The number of oxazole rings is 1. The van der Waals surface area contributed by atoms with Gasteiger partial charge in [0.15, 0.2) is 11.6 Å². The maximum Gasteiger partial charge on any atom is 0.306 e. The van der Waals surface area contributed by atoms with Gasteiger partial charge in [-0.3, -0.25) is 4.40 Å². The van der Waals surface area contributed by atoms with Crippen LogP contribution in [0.25, 0.3) is 17.1 Å². The number of fused-ring (bicyclic) bond motifs is 1. The molecule has 0 spiro atoms. The molecule has 3 nitrogen and oxygen atoms in total. The summed E-state index contributed by atoms with van der Waals surface area (Å²) in [4.78, 5) is 4.04. The summed E-state index contributed by atoms with van der Waals surface area (Å²) in [6, 6.07) is 1.30. The third-order valence-corrected chi connectivity index (χ3v) is 2.77. The van der Waals surface area contributed by atoms with Crippen molar-refractivity contribution < 1.29 is 17.6 Å². The van der Waals surface area contributed by atoms with Gasteiger partial charge in [-0.15, -0.1) is 0 Å². The second kappa shape index (κ2) is 3.63. The third-order valence-electron chi connectivity index (χ3n) is 2.77. The van der Waals surface area contributed by atoms with Gasteiger partial charge < -0.3 is 4.42 Å². The zero-order chi connectivity index (χ0) is 12.9. The Hall–Kier alpha value is -2.24. The number of imidazole rings is 1. The zero-order valence-electron chi connectivity index (χ0n) is 9.25. The summed E-state index contributed by atoms with van der Waals surface area (Å²) in [5.41, 5.74) is 0.722. The van der Waals surface area contributed by atoms with Crippen molar-refractivity contribution in [1.82, 2.24) is 9.38 Å². The molecule has 1 aromatic carbocycles. The van der Waals surface area contributed by atoms with Crippen molar-refractivity contribution in [2.24, 2.45) is 0 Å². The van der Waals surface area contributed by atoms with Crippen molar-refractivity contribution in [1.29, 1.82) is 0 Å². The molecule has 0 unspecified atom stereocenters. The summed E-state index contributed by atoms with van der Waals surface area (Å²) in [5, 5.41) is 0. The first-order chi connectivity index (χ1) is 8.58. The molecule has 0 saturated carbocycles. The monoisotopic (exact) mass is 252 g/mol. The zero-order valence-corrected chi connectivity index (χ0v) is 9.25. The predicted molar refractivity (Wildman–Crippen MR) is 57.5 cm³/mol. The molecule has 18 heavy (non-hydrogen) atoms. The first-order valence-corrected chi connectivity index (χ1v) is 5.15. The molecule has 0 N–H and O–H groups in total. The SMILES string of the molecule is Cc1c(-c2cc(F)c(F)cc2F)nc2occn12. The summed E-state index contributed by atoms with van der Waals surface area (Å²) in [6.07, 6.45) is 3.04. The van der Waals surface area contributed by atoms with Crippen LogP contribution in [-0.4, -0.2) is 9.38 Å². The second-order valence-electron chi connectivity index (χ2n) is 3.85. The topological polar surface area (TPSA) is 30.4 Å². The first-order valence-electron chi connectivity index (χ1n) is 5.15. The standard InChI is InChI=1S/C12H7F3N2O/c1-6-11(16-12-17(6)2-3-18-12)7-4-9(14)10(15)5-8(7)13/h2-5H,1H3. The molecule has 3 aromatic rings. The van der Waals surface area contributed by atoms with Gasteiger partial charge in [0.2, 0.25) is 0 Å². The van der Waals surface area contributed by atoms with E-state index in [2.05, 4.69) is 4.98 Å². The van der Waals surface area contributed by atoms with Crippen LogP contribution in [0, 0.1) is 24.4 Å². The highest BCUT2D eigenvalue weighted by Gasteiger charge is 2.18. The molecule has 0 atom stereocenters. The molecule has 0 saturated heterocycles. The fraction of sp³-hybridized carbons (Fsp3) is 0.0833. The lowest BCUT2D eigenvalue weighted by Gasteiger charge is -2.02. The predicted octanol–water partition coefficient (Wildman–Crippen LogP) is 3.32. The summed E-state index contributed by atoms with van der Waals surface area (Å²) < 4.78 is 46.3. The van der Waals surface area contributed by atoms with Crippen molar-refractivity contribution in [3.63, 3.8) is 0 Å². The molecule has 2 aromatic heterocycles. The van der Waals surface area contributed by atoms with Crippen LogP contribution < -0.4 is 0 Å². The van der Waals surface area contributed by atoms with Crippen LogP contribution in [0.5, 0.6) is 0 Å². The smallest absolute Gasteiger partial charge is 0.306 e. The Morgan fingerprint density at radius 2 is 1.83 bits per heavy atom. The lowest BCUT2D eigenvalue weighted by atomic mass is 10.1. The van der Waals surface area contributed by atoms with Crippen molar-refractivity contribution in [2.75, 3.05) is 0 Å². The van der Waals surface area contributed by atoms with Gasteiger partial charge in [-0.05, 0) is 13.0 Å². The maximum absolute atomic E-state index is 13.6. The Morgan fingerprint density at radius 3 is 2.56 bits per heavy atom. The molecule has 0 radical (unpaired) electrons. The number of rotatable bonds is 1. The Morgan fingerprint density at radius 1 is 1.11 bits per heavy atom. The molecular formula is C12H7F3N2O. The molecule has 0 aliphatic rings. The van der Waals surface area contributed by atoms with E-state index < -0.39 is 17.5 Å². The van der Waals surface area contributed by atoms with Gasteiger partial charge in [0.05, 0.1) is 11.4 Å². The number of hydrogen-bond donors (Lipinski definition) is 0. The number of hydrogen-bond acceptors (Lipinski definition) is 2. The Labute approximate surface area is 99.5 Å². The molecule has 3 rings (SSSR count). The van der Waals surface area contributed by atoms with Crippen LogP contribution >= 0.6 is 0 Å². The molecule has 0 fully saturated rings. The molecule has 0 aliphatic carbocycles. The minimum atomic E-state index is -1.23. The van der Waals surface area contributed by atoms with Gasteiger partial charge in [0.25, 0.3) is 0 Å². The average molecular weight is 252 g/mol. The van der Waals surface area contributed by atoms with Crippen molar-refractivity contribution >= 4 is 5.84 Å². The lowest BCUT2D eigenvalue weighted by Crippen LogP contribution is -1.93. The van der Waals surface area contributed by atoms with E-state index in [-0.39, 0.29) is 17.1 Å². The van der Waals surface area contributed by atoms with Crippen LogP contribution in [0.3, 0.4) is 0 Å². The van der Waals surface area contributed by atoms with Gasteiger partial charge in [0.1, 0.15) is 12.1 Å². The minimum Gasteiger partial charge on any atom is -0.432 e. The average Bonchev–Trinajstić information content (AvgIpc) is 2.88. The van der Waals surface area contributed by atoms with Gasteiger partial charge in [0, 0.05) is 17.8 Å². The minimum absolute atomic E-state index is 0.0923. The molecule has 2 heterocycles. The Kier molecular flexibility index (Phi) is 2.19. The fourth-order valence-corrected chi connectivity index (χ4v) is 1.86. The van der Waals surface area contributed by atoms with Crippen molar-refractivity contribution in [3.8, 4) is 11.3 Å². The number of nitrogens with zero attached hydrogens (tertiary/aromatic N) is 2. The van der Waals surface area contributed by atoms with E-state index in [0.717, 1.165) is 6.07 Å². The van der Waals surface area contributed by atoms with Crippen LogP contribution in [0.15, 0.2) is 29.0 Å². The summed E-state index contributed by atoms with van der Waals surface area (Å²) in [7, 11) is 0. The van der Waals surface area contributed by atoms with Crippen molar-refractivity contribution in [2.45, 2.75) is 6.92 Å². The van der Waals surface area contributed by atoms with Crippen LogP contribution in [0.1, 0.15) is 5.69 Å². The van der Waals surface area contributed by atoms with E-state index in [9.17, 15) is 13.2 Å². The Bertz CT molecular complexity index is 745. The summed E-state index contributed by atoms with van der Waals surface area (Å²) >= 11 is 0. The van der Waals surface area contributed by atoms with Crippen LogP contribution in [-0.2, 0) is 0 Å². The van der Waals surface area contributed by atoms with Gasteiger partial charge in [-0.25, -0.2) is 13.2 Å². The summed E-state index contributed by atoms with van der Waals surface area (Å²) in [6.45, 7) is 1.69. The molecule has 0 bridgehead atoms. The van der Waals surface area contributed by atoms with E-state index in [1.165, 1.54) is 6.26 Å². The van der Waals surface area contributed by atoms with Gasteiger partial charge in [-0.2, -0.15) is 4.98 Å². The highest BCUT2D eigenvalue weighted by molar-refractivity contribution is 5.65. The number of aryl methyl sites for hydroxylation is 1. The van der Waals surface area contributed by atoms with E-state index >= 15 is 0 Å². The maximum atomic E-state index is 13.6. The third kappa shape index (κ3) is 1.42. The Balaban J connectivity index is 2.28. The fourth-order valence-electron chi connectivity index (χ4n) is 1.86. The summed E-state index contributed by atoms with van der Waals surface area (Å²) in [5.74, 6) is -2.93. The highest BCUT2D eigenvalue weighted by Crippen LogP contribution is 2.28. The number of halogens is 3. The van der Waals surface area contributed by atoms with E-state index in [4.69, 9.17) is 4.42 Å². The molecule has 0 aliphatic heterocycles. The second-order valence-corrected chi connectivity index (χ2v) is 3.85. The number of benzene rings is 1. The van der Waals surface area contributed by atoms with Crippen LogP contribution in [0.2, 0.25) is 0 Å². The molecule has 6 heteroatoms. The van der Waals surface area contributed by atoms with Gasteiger partial charge in [-0.1, -0.05) is 0 Å². The van der Waals surface area contributed by atoms with E-state index in [1.54, 1.807) is 17.5 Å². The lowest BCUT2D eigenvalue weighted by molar-refractivity contribution is 0.496. The first kappa shape index (κ1) is 10.9. The molecule has 0 amide bonds. The van der Waals surface area contributed by atoms with E-state index in [1.807, 2.05) is 0 Å². The normalized spacial score (nSPS) is 11.3. The van der Waals surface area contributed by atoms with E-state index in [0.29, 0.717) is 11.8 Å². The van der Waals surface area contributed by atoms with Gasteiger partial charge >= 0.3 is 5.84 Å². The van der Waals surface area contributed by atoms with Crippen molar-refractivity contribution in [3.05, 3.63) is 47.7 Å². The van der Waals surface area contributed by atoms with Crippen LogP contribution in [0.4, 0.5) is 13.2 Å². The largest absolute Gasteiger partial charge is 0.432 e. The molecule has 92 valence electrons.